The third kappa shape index (κ3) is 5.14. The molecule has 106 valence electrons. The maximum Gasteiger partial charge on any atom is 0.325 e. The number of ether oxygens (including phenoxy) is 1. The first-order chi connectivity index (χ1) is 8.51. The van der Waals surface area contributed by atoms with Crippen LogP contribution in [0.1, 0.15) is 26.2 Å². The Balaban J connectivity index is 2.33. The normalized spacial score (nSPS) is 20.2. The van der Waals surface area contributed by atoms with E-state index in [4.69, 9.17) is 9.84 Å². The summed E-state index contributed by atoms with van der Waals surface area (Å²) < 4.78 is 4.84. The number of rotatable bonds is 9. The van der Waals surface area contributed by atoms with Gasteiger partial charge in [-0.3, -0.25) is 10.1 Å². The van der Waals surface area contributed by atoms with Gasteiger partial charge in [-0.05, 0) is 31.9 Å². The van der Waals surface area contributed by atoms with E-state index < -0.39 is 11.6 Å². The van der Waals surface area contributed by atoms with Gasteiger partial charge in [0, 0.05) is 11.8 Å². The quantitative estimate of drug-likeness (QED) is 0.411. The maximum atomic E-state index is 11.8. The van der Waals surface area contributed by atoms with E-state index in [1.165, 1.54) is 18.9 Å². The summed E-state index contributed by atoms with van der Waals surface area (Å²) in [5.41, 5.74) is -0.646. The molecule has 1 saturated carbocycles. The molecule has 0 aromatic carbocycles. The number of aliphatic hydroxyl groups is 2. The summed E-state index contributed by atoms with van der Waals surface area (Å²) >= 11 is 1.53. The molecule has 2 unspecified atom stereocenters. The Morgan fingerprint density at radius 2 is 2.28 bits per heavy atom. The number of aliphatic hydroxyl groups excluding tert-OH is 2. The molecule has 0 aromatic heterocycles. The fraction of sp³-hybridized carbons (Fsp3) is 0.917. The summed E-state index contributed by atoms with van der Waals surface area (Å²) in [6.07, 6.45) is 2.20. The topological polar surface area (TPSA) is 78.8 Å². The summed E-state index contributed by atoms with van der Waals surface area (Å²) in [5.74, 6) is 0.984. The first kappa shape index (κ1) is 15.8. The van der Waals surface area contributed by atoms with Crippen LogP contribution in [0, 0.1) is 0 Å². The summed E-state index contributed by atoms with van der Waals surface area (Å²) in [5, 5.41) is 21.2. The highest BCUT2D eigenvalue weighted by Gasteiger charge is 2.38. The molecule has 0 amide bonds. The van der Waals surface area contributed by atoms with E-state index in [1.54, 1.807) is 0 Å². The van der Waals surface area contributed by atoms with Crippen molar-refractivity contribution in [3.63, 3.8) is 0 Å². The first-order valence-electron chi connectivity index (χ1n) is 6.24. The van der Waals surface area contributed by atoms with Crippen molar-refractivity contribution in [2.24, 2.45) is 0 Å². The van der Waals surface area contributed by atoms with E-state index >= 15 is 0 Å². The number of carbonyl (C=O) groups is 1. The van der Waals surface area contributed by atoms with Crippen molar-refractivity contribution in [1.82, 2.24) is 5.32 Å². The Morgan fingerprint density at radius 3 is 2.78 bits per heavy atom. The zero-order valence-corrected chi connectivity index (χ0v) is 11.8. The van der Waals surface area contributed by atoms with Crippen molar-refractivity contribution in [3.05, 3.63) is 0 Å². The van der Waals surface area contributed by atoms with Gasteiger partial charge in [0.1, 0.15) is 5.54 Å². The van der Waals surface area contributed by atoms with Gasteiger partial charge in [-0.2, -0.15) is 11.8 Å². The SMILES string of the molecule is COC(=O)C(C)(CCSCC(O)CO)NC1CC1. The molecule has 0 radical (unpaired) electrons. The lowest BCUT2D eigenvalue weighted by atomic mass is 9.99. The number of hydrogen-bond donors (Lipinski definition) is 3. The lowest BCUT2D eigenvalue weighted by Crippen LogP contribution is -2.51. The van der Waals surface area contributed by atoms with Crippen LogP contribution in [-0.4, -0.2) is 59.1 Å². The van der Waals surface area contributed by atoms with Crippen LogP contribution in [0.15, 0.2) is 0 Å². The smallest absolute Gasteiger partial charge is 0.325 e. The fourth-order valence-corrected chi connectivity index (χ4v) is 2.78. The lowest BCUT2D eigenvalue weighted by molar-refractivity contribution is -0.148. The van der Waals surface area contributed by atoms with Crippen LogP contribution >= 0.6 is 11.8 Å². The number of methoxy groups -OCH3 is 1. The van der Waals surface area contributed by atoms with Crippen LogP contribution in [0.25, 0.3) is 0 Å². The zero-order chi connectivity index (χ0) is 13.6. The van der Waals surface area contributed by atoms with Gasteiger partial charge in [-0.1, -0.05) is 0 Å². The van der Waals surface area contributed by atoms with Crippen LogP contribution < -0.4 is 5.32 Å². The molecule has 1 aliphatic carbocycles. The lowest BCUT2D eigenvalue weighted by Gasteiger charge is -2.28. The fourth-order valence-electron chi connectivity index (χ4n) is 1.68. The highest BCUT2D eigenvalue weighted by molar-refractivity contribution is 7.99. The van der Waals surface area contributed by atoms with E-state index in [9.17, 15) is 9.90 Å². The second-order valence-electron chi connectivity index (χ2n) is 4.90. The van der Waals surface area contributed by atoms with Gasteiger partial charge in [-0.15, -0.1) is 0 Å². The molecule has 0 spiro atoms. The summed E-state index contributed by atoms with van der Waals surface area (Å²) in [4.78, 5) is 11.8. The highest BCUT2D eigenvalue weighted by atomic mass is 32.2. The molecule has 0 aromatic rings. The van der Waals surface area contributed by atoms with Crippen LogP contribution in [0.2, 0.25) is 0 Å². The van der Waals surface area contributed by atoms with Gasteiger partial charge in [0.2, 0.25) is 0 Å². The minimum Gasteiger partial charge on any atom is -0.468 e. The summed E-state index contributed by atoms with van der Waals surface area (Å²) in [6.45, 7) is 1.64. The Hall–Kier alpha value is -0.300. The van der Waals surface area contributed by atoms with E-state index in [2.05, 4.69) is 5.32 Å². The monoisotopic (exact) mass is 277 g/mol. The average Bonchev–Trinajstić information content (AvgIpc) is 3.16. The Morgan fingerprint density at radius 1 is 1.61 bits per heavy atom. The average molecular weight is 277 g/mol. The van der Waals surface area contributed by atoms with Gasteiger partial charge in [-0.25, -0.2) is 0 Å². The third-order valence-electron chi connectivity index (χ3n) is 3.00. The number of carbonyl (C=O) groups excluding carboxylic acids is 1. The van der Waals surface area contributed by atoms with Crippen LogP contribution in [0.4, 0.5) is 0 Å². The van der Waals surface area contributed by atoms with Gasteiger partial charge in [0.15, 0.2) is 0 Å². The van der Waals surface area contributed by atoms with Crippen molar-refractivity contribution in [1.29, 1.82) is 0 Å². The molecule has 18 heavy (non-hydrogen) atoms. The van der Waals surface area contributed by atoms with Gasteiger partial charge in [0.25, 0.3) is 0 Å². The highest BCUT2D eigenvalue weighted by Crippen LogP contribution is 2.25. The number of hydrogen-bond acceptors (Lipinski definition) is 6. The Labute approximate surface area is 112 Å². The molecule has 1 rings (SSSR count). The first-order valence-corrected chi connectivity index (χ1v) is 7.40. The molecule has 0 aliphatic heterocycles. The van der Waals surface area contributed by atoms with Crippen molar-refractivity contribution < 1.29 is 19.7 Å². The standard InChI is InChI=1S/C12H23NO4S/c1-12(11(16)17-2,13-9-3-4-9)5-6-18-8-10(15)7-14/h9-10,13-15H,3-8H2,1-2H3. The van der Waals surface area contributed by atoms with Crippen molar-refractivity contribution in [2.45, 2.75) is 43.9 Å². The number of thioether (sulfide) groups is 1. The van der Waals surface area contributed by atoms with Gasteiger partial charge >= 0.3 is 5.97 Å². The summed E-state index contributed by atoms with van der Waals surface area (Å²) in [6, 6.07) is 0.433. The minimum atomic E-state index is -0.684. The molecule has 1 aliphatic rings. The zero-order valence-electron chi connectivity index (χ0n) is 11.0. The molecular formula is C12H23NO4S. The van der Waals surface area contributed by atoms with E-state index in [1.807, 2.05) is 6.92 Å². The molecule has 0 saturated heterocycles. The molecule has 6 heteroatoms. The van der Waals surface area contributed by atoms with Crippen LogP contribution in [-0.2, 0) is 9.53 Å². The second kappa shape index (κ2) is 7.33. The van der Waals surface area contributed by atoms with E-state index in [0.717, 1.165) is 18.6 Å². The second-order valence-corrected chi connectivity index (χ2v) is 6.05. The van der Waals surface area contributed by atoms with Crippen molar-refractivity contribution in [2.75, 3.05) is 25.2 Å². The van der Waals surface area contributed by atoms with Gasteiger partial charge < -0.3 is 14.9 Å². The third-order valence-corrected chi connectivity index (χ3v) is 4.12. The van der Waals surface area contributed by atoms with Crippen LogP contribution in [0.5, 0.6) is 0 Å². The number of esters is 1. The minimum absolute atomic E-state index is 0.221. The van der Waals surface area contributed by atoms with E-state index in [0.29, 0.717) is 18.2 Å². The Bertz CT molecular complexity index is 273. The number of nitrogens with one attached hydrogen (secondary N) is 1. The Kier molecular flexibility index (Phi) is 6.42. The molecule has 0 bridgehead atoms. The molecule has 0 heterocycles. The molecule has 5 nitrogen and oxygen atoms in total. The maximum absolute atomic E-state index is 11.8. The largest absolute Gasteiger partial charge is 0.468 e. The van der Waals surface area contributed by atoms with E-state index in [-0.39, 0.29) is 12.6 Å². The van der Waals surface area contributed by atoms with Crippen molar-refractivity contribution >= 4 is 17.7 Å². The van der Waals surface area contributed by atoms with Gasteiger partial charge in [0.05, 0.1) is 19.8 Å². The predicted molar refractivity (Wildman–Crippen MR) is 71.6 cm³/mol. The molecule has 2 atom stereocenters. The molecular weight excluding hydrogens is 254 g/mol. The van der Waals surface area contributed by atoms with Crippen LogP contribution in [0.3, 0.4) is 0 Å². The molecule has 3 N–H and O–H groups in total. The molecule has 1 fully saturated rings. The predicted octanol–water partition coefficient (Wildman–Crippen LogP) is 0.147. The summed E-state index contributed by atoms with van der Waals surface area (Å²) in [7, 11) is 1.40. The van der Waals surface area contributed by atoms with Crippen molar-refractivity contribution in [3.8, 4) is 0 Å².